The van der Waals surface area contributed by atoms with Gasteiger partial charge in [-0.15, -0.1) is 0 Å². The monoisotopic (exact) mass is 430 g/mol. The average molecular weight is 431 g/mol. The minimum Gasteiger partial charge on any atom is -0.374 e. The van der Waals surface area contributed by atoms with Crippen LogP contribution in [0.25, 0.3) is 0 Å². The number of carbonyl (C=O) groups is 1. The molecule has 2 aliphatic heterocycles. The molecular formula is C23H28ClFN4O. The fourth-order valence-electron chi connectivity index (χ4n) is 4.38. The molecule has 1 N–H and O–H groups in total. The molecular weight excluding hydrogens is 403 g/mol. The number of amides is 1. The second kappa shape index (κ2) is 8.92. The first-order valence-corrected chi connectivity index (χ1v) is 10.8. The molecule has 0 bridgehead atoms. The molecule has 1 amide bonds. The Morgan fingerprint density at radius 1 is 1.13 bits per heavy atom. The Balaban J connectivity index is 1.56. The van der Waals surface area contributed by atoms with Gasteiger partial charge in [-0.2, -0.15) is 0 Å². The van der Waals surface area contributed by atoms with Gasteiger partial charge in [0, 0.05) is 52.0 Å². The lowest BCUT2D eigenvalue weighted by Crippen LogP contribution is -2.48. The molecule has 0 spiro atoms. The lowest BCUT2D eigenvalue weighted by molar-refractivity contribution is 0.0883. The van der Waals surface area contributed by atoms with Crippen LogP contribution >= 0.6 is 11.6 Å². The van der Waals surface area contributed by atoms with E-state index < -0.39 is 11.7 Å². The highest BCUT2D eigenvalue weighted by Crippen LogP contribution is 2.31. The number of hydrogen-bond donors (Lipinski definition) is 1. The van der Waals surface area contributed by atoms with Crippen molar-refractivity contribution in [3.05, 3.63) is 63.9 Å². The summed E-state index contributed by atoms with van der Waals surface area (Å²) in [6.45, 7) is 5.25. The minimum absolute atomic E-state index is 0.0319. The van der Waals surface area contributed by atoms with Crippen LogP contribution in [0.4, 0.5) is 10.1 Å². The van der Waals surface area contributed by atoms with Crippen molar-refractivity contribution in [3.63, 3.8) is 0 Å². The number of likely N-dealkylation sites (N-methyl/N-ethyl adjacent to an activating group) is 2. The third kappa shape index (κ3) is 4.31. The standard InChI is InChI=1S/C23H28ClFN4O/c1-27-10-12-29(13-11-27)21(16-6-7-20-17(14-16)8-9-28(20)2)15-26-23(30)22-18(24)4-3-5-19(22)25/h3-7,14,21H,8-13,15H2,1-2H3,(H,26,30)/t21-/m1/s1. The summed E-state index contributed by atoms with van der Waals surface area (Å²) in [5, 5.41) is 3.06. The lowest BCUT2D eigenvalue weighted by atomic mass is 10.00. The first-order valence-electron chi connectivity index (χ1n) is 10.4. The fourth-order valence-corrected chi connectivity index (χ4v) is 4.63. The summed E-state index contributed by atoms with van der Waals surface area (Å²) in [5.74, 6) is -1.07. The highest BCUT2D eigenvalue weighted by Gasteiger charge is 2.27. The van der Waals surface area contributed by atoms with Crippen LogP contribution in [0.1, 0.15) is 27.5 Å². The molecule has 4 rings (SSSR count). The predicted molar refractivity (Wildman–Crippen MR) is 119 cm³/mol. The van der Waals surface area contributed by atoms with Crippen molar-refractivity contribution in [2.24, 2.45) is 0 Å². The van der Waals surface area contributed by atoms with Gasteiger partial charge >= 0.3 is 0 Å². The summed E-state index contributed by atoms with van der Waals surface area (Å²) in [7, 11) is 4.24. The fraction of sp³-hybridized carbons (Fsp3) is 0.435. The van der Waals surface area contributed by atoms with Crippen LogP contribution in [0.5, 0.6) is 0 Å². The van der Waals surface area contributed by atoms with E-state index in [1.807, 2.05) is 0 Å². The molecule has 30 heavy (non-hydrogen) atoms. The SMILES string of the molecule is CN1CCN([C@H](CNC(=O)c2c(F)cccc2Cl)c2ccc3c(c2)CCN3C)CC1. The van der Waals surface area contributed by atoms with E-state index in [0.29, 0.717) is 6.54 Å². The molecule has 2 aromatic rings. The zero-order chi connectivity index (χ0) is 21.3. The van der Waals surface area contributed by atoms with E-state index in [-0.39, 0.29) is 16.6 Å². The summed E-state index contributed by atoms with van der Waals surface area (Å²) < 4.78 is 14.2. The maximum absolute atomic E-state index is 14.2. The van der Waals surface area contributed by atoms with E-state index in [1.165, 1.54) is 35.0 Å². The molecule has 160 valence electrons. The van der Waals surface area contributed by atoms with E-state index in [1.54, 1.807) is 0 Å². The topological polar surface area (TPSA) is 38.8 Å². The Labute approximate surface area is 182 Å². The van der Waals surface area contributed by atoms with Gasteiger partial charge in [0.15, 0.2) is 0 Å². The third-order valence-corrected chi connectivity index (χ3v) is 6.56. The van der Waals surface area contributed by atoms with E-state index in [9.17, 15) is 9.18 Å². The van der Waals surface area contributed by atoms with Crippen LogP contribution in [0.15, 0.2) is 36.4 Å². The molecule has 5 nitrogen and oxygen atoms in total. The summed E-state index contributed by atoms with van der Waals surface area (Å²) in [6.07, 6.45) is 1.03. The Bertz CT molecular complexity index is 909. The number of halogens is 2. The quantitative estimate of drug-likeness (QED) is 0.790. The van der Waals surface area contributed by atoms with Crippen molar-refractivity contribution in [2.45, 2.75) is 12.5 Å². The maximum atomic E-state index is 14.2. The van der Waals surface area contributed by atoms with Crippen LogP contribution in [0.2, 0.25) is 5.02 Å². The van der Waals surface area contributed by atoms with Gasteiger partial charge in [0.05, 0.1) is 16.6 Å². The number of fused-ring (bicyclic) bond motifs is 1. The van der Waals surface area contributed by atoms with Crippen molar-refractivity contribution < 1.29 is 9.18 Å². The van der Waals surface area contributed by atoms with Gasteiger partial charge < -0.3 is 15.1 Å². The van der Waals surface area contributed by atoms with E-state index >= 15 is 0 Å². The number of piperazine rings is 1. The van der Waals surface area contributed by atoms with Gasteiger partial charge in [-0.3, -0.25) is 9.69 Å². The van der Waals surface area contributed by atoms with Crippen molar-refractivity contribution in [1.82, 2.24) is 15.1 Å². The van der Waals surface area contributed by atoms with Crippen molar-refractivity contribution in [2.75, 3.05) is 58.3 Å². The molecule has 0 radical (unpaired) electrons. The Morgan fingerprint density at radius 3 is 2.63 bits per heavy atom. The largest absolute Gasteiger partial charge is 0.374 e. The molecule has 1 fully saturated rings. The minimum atomic E-state index is -0.600. The molecule has 1 saturated heterocycles. The number of hydrogen-bond acceptors (Lipinski definition) is 4. The summed E-state index contributed by atoms with van der Waals surface area (Å²) in [5.41, 5.74) is 3.72. The zero-order valence-corrected chi connectivity index (χ0v) is 18.3. The van der Waals surface area contributed by atoms with Gasteiger partial charge in [-0.05, 0) is 42.8 Å². The van der Waals surface area contributed by atoms with Gasteiger partial charge in [-0.1, -0.05) is 29.8 Å². The molecule has 2 aromatic carbocycles. The zero-order valence-electron chi connectivity index (χ0n) is 17.5. The lowest BCUT2D eigenvalue weighted by Gasteiger charge is -2.38. The summed E-state index contributed by atoms with van der Waals surface area (Å²) >= 11 is 6.08. The molecule has 1 atom stereocenters. The van der Waals surface area contributed by atoms with Crippen molar-refractivity contribution in [1.29, 1.82) is 0 Å². The number of anilines is 1. The van der Waals surface area contributed by atoms with Crippen LogP contribution < -0.4 is 10.2 Å². The van der Waals surface area contributed by atoms with Crippen LogP contribution in [0, 0.1) is 5.82 Å². The van der Waals surface area contributed by atoms with Crippen LogP contribution in [-0.2, 0) is 6.42 Å². The number of benzene rings is 2. The highest BCUT2D eigenvalue weighted by atomic mass is 35.5. The molecule has 0 unspecified atom stereocenters. The number of rotatable bonds is 5. The Kier molecular flexibility index (Phi) is 6.27. The van der Waals surface area contributed by atoms with Crippen LogP contribution in [0.3, 0.4) is 0 Å². The van der Waals surface area contributed by atoms with E-state index in [2.05, 4.69) is 52.3 Å². The summed E-state index contributed by atoms with van der Waals surface area (Å²) in [6, 6.07) is 10.9. The van der Waals surface area contributed by atoms with E-state index in [0.717, 1.165) is 39.1 Å². The van der Waals surface area contributed by atoms with Gasteiger partial charge in [0.25, 0.3) is 5.91 Å². The van der Waals surface area contributed by atoms with Gasteiger partial charge in [0.2, 0.25) is 0 Å². The second-order valence-electron chi connectivity index (χ2n) is 8.22. The maximum Gasteiger partial charge on any atom is 0.255 e. The normalized spacial score (nSPS) is 18.3. The van der Waals surface area contributed by atoms with E-state index in [4.69, 9.17) is 11.6 Å². The molecule has 7 heteroatoms. The van der Waals surface area contributed by atoms with Crippen molar-refractivity contribution >= 4 is 23.2 Å². The third-order valence-electron chi connectivity index (χ3n) is 6.24. The Morgan fingerprint density at radius 2 is 1.90 bits per heavy atom. The highest BCUT2D eigenvalue weighted by molar-refractivity contribution is 6.33. The number of nitrogens with zero attached hydrogens (tertiary/aromatic N) is 3. The first-order chi connectivity index (χ1) is 14.4. The summed E-state index contributed by atoms with van der Waals surface area (Å²) in [4.78, 5) is 19.7. The molecule has 0 saturated carbocycles. The first kappa shape index (κ1) is 21.1. The molecule has 2 heterocycles. The second-order valence-corrected chi connectivity index (χ2v) is 8.63. The average Bonchev–Trinajstić information content (AvgIpc) is 3.09. The van der Waals surface area contributed by atoms with Crippen LogP contribution in [-0.4, -0.2) is 69.1 Å². The molecule has 0 aliphatic carbocycles. The predicted octanol–water partition coefficient (Wildman–Crippen LogP) is 3.19. The number of carbonyl (C=O) groups excluding carboxylic acids is 1. The number of nitrogens with one attached hydrogen (secondary N) is 1. The van der Waals surface area contributed by atoms with Gasteiger partial charge in [-0.25, -0.2) is 4.39 Å². The molecule has 0 aromatic heterocycles. The molecule has 2 aliphatic rings. The smallest absolute Gasteiger partial charge is 0.255 e. The van der Waals surface area contributed by atoms with Crippen molar-refractivity contribution in [3.8, 4) is 0 Å². The van der Waals surface area contributed by atoms with Gasteiger partial charge in [0.1, 0.15) is 5.82 Å². The Hall–Kier alpha value is -2.15.